The molecule has 1 aliphatic heterocycles. The van der Waals surface area contributed by atoms with Crippen molar-refractivity contribution >= 4 is 0 Å². The fourth-order valence-corrected chi connectivity index (χ4v) is 2.60. The molecule has 3 rings (SSSR count). The molecular weight excluding hydrogens is 182 g/mol. The zero-order chi connectivity index (χ0) is 10.3. The van der Waals surface area contributed by atoms with Gasteiger partial charge in [-0.15, -0.1) is 0 Å². The van der Waals surface area contributed by atoms with E-state index in [9.17, 15) is 0 Å². The predicted octanol–water partition coefficient (Wildman–Crippen LogP) is 2.77. The minimum absolute atomic E-state index is 0.920. The largest absolute Gasteiger partial charge is 0.296 e. The highest BCUT2D eigenvalue weighted by atomic mass is 15.2. The van der Waals surface area contributed by atoms with Gasteiger partial charge in [0.1, 0.15) is 0 Å². The molecule has 2 aliphatic rings. The van der Waals surface area contributed by atoms with Gasteiger partial charge in [-0.05, 0) is 42.4 Å². The van der Waals surface area contributed by atoms with E-state index in [4.69, 9.17) is 0 Å². The lowest BCUT2D eigenvalue weighted by Crippen LogP contribution is -2.32. The molecule has 1 aromatic carbocycles. The maximum absolute atomic E-state index is 2.67. The Balaban J connectivity index is 1.85. The summed E-state index contributed by atoms with van der Waals surface area (Å²) in [5.74, 6) is 0. The van der Waals surface area contributed by atoms with Crippen LogP contribution in [-0.2, 0) is 19.4 Å². The first kappa shape index (κ1) is 9.41. The van der Waals surface area contributed by atoms with Crippen LogP contribution in [0.5, 0.6) is 0 Å². The Kier molecular flexibility index (Phi) is 2.28. The van der Waals surface area contributed by atoms with E-state index in [-0.39, 0.29) is 0 Å². The maximum Gasteiger partial charge on any atom is 0.0239 e. The molecule has 1 saturated carbocycles. The zero-order valence-corrected chi connectivity index (χ0v) is 9.50. The topological polar surface area (TPSA) is 3.24 Å². The Hall–Kier alpha value is -0.820. The molecule has 1 aromatic rings. The molecule has 0 amide bonds. The van der Waals surface area contributed by atoms with Gasteiger partial charge in [-0.3, -0.25) is 4.90 Å². The summed E-state index contributed by atoms with van der Waals surface area (Å²) in [5, 5.41) is 0. The lowest BCUT2D eigenvalue weighted by Gasteiger charge is -2.29. The smallest absolute Gasteiger partial charge is 0.0239 e. The monoisotopic (exact) mass is 201 g/mol. The van der Waals surface area contributed by atoms with Gasteiger partial charge in [0.2, 0.25) is 0 Å². The average molecular weight is 201 g/mol. The molecule has 0 aromatic heterocycles. The van der Waals surface area contributed by atoms with Crippen molar-refractivity contribution in [2.75, 3.05) is 6.54 Å². The highest BCUT2D eigenvalue weighted by molar-refractivity contribution is 5.34. The van der Waals surface area contributed by atoms with Gasteiger partial charge in [-0.25, -0.2) is 0 Å². The van der Waals surface area contributed by atoms with Crippen LogP contribution in [0.15, 0.2) is 18.2 Å². The summed E-state index contributed by atoms with van der Waals surface area (Å²) in [6.45, 7) is 4.72. The molecule has 80 valence electrons. The lowest BCUT2D eigenvalue weighted by molar-refractivity contribution is 0.243. The molecule has 0 N–H and O–H groups in total. The molecular formula is C14H19N. The molecule has 15 heavy (non-hydrogen) atoms. The van der Waals surface area contributed by atoms with Crippen molar-refractivity contribution in [1.29, 1.82) is 0 Å². The van der Waals surface area contributed by atoms with Crippen molar-refractivity contribution in [2.24, 2.45) is 0 Å². The summed E-state index contributed by atoms with van der Waals surface area (Å²) in [4.78, 5) is 2.67. The van der Waals surface area contributed by atoms with E-state index in [1.165, 1.54) is 37.9 Å². The molecule has 0 bridgehead atoms. The third kappa shape index (κ3) is 1.81. The van der Waals surface area contributed by atoms with Crippen LogP contribution < -0.4 is 0 Å². The predicted molar refractivity (Wildman–Crippen MR) is 63.0 cm³/mol. The Bertz CT molecular complexity index is 366. The van der Waals surface area contributed by atoms with E-state index in [1.54, 1.807) is 11.1 Å². The number of benzene rings is 1. The highest BCUT2D eigenvalue weighted by Crippen LogP contribution is 2.31. The van der Waals surface area contributed by atoms with E-state index < -0.39 is 0 Å². The zero-order valence-electron chi connectivity index (χ0n) is 9.50. The van der Waals surface area contributed by atoms with Gasteiger partial charge in [0, 0.05) is 19.1 Å². The standard InChI is InChI=1S/C14H19N/c1-2-11-3-4-12-7-8-15(14-5-6-14)10-13(12)9-11/h3-4,9,14H,2,5-8,10H2,1H3. The first-order valence-corrected chi connectivity index (χ1v) is 6.21. The molecule has 0 atom stereocenters. The van der Waals surface area contributed by atoms with Gasteiger partial charge in [-0.2, -0.15) is 0 Å². The molecule has 0 saturated heterocycles. The third-order valence-corrected chi connectivity index (χ3v) is 3.78. The normalized spacial score (nSPS) is 21.4. The number of aryl methyl sites for hydroxylation is 1. The summed E-state index contributed by atoms with van der Waals surface area (Å²) >= 11 is 0. The minimum atomic E-state index is 0.920. The molecule has 1 aliphatic carbocycles. The molecule has 1 fully saturated rings. The summed E-state index contributed by atoms with van der Waals surface area (Å²) in [5.41, 5.74) is 4.67. The van der Waals surface area contributed by atoms with Gasteiger partial charge in [0.15, 0.2) is 0 Å². The van der Waals surface area contributed by atoms with Gasteiger partial charge in [0.05, 0.1) is 0 Å². The molecule has 1 heteroatoms. The fourth-order valence-electron chi connectivity index (χ4n) is 2.60. The average Bonchev–Trinajstić information content (AvgIpc) is 3.11. The van der Waals surface area contributed by atoms with Crippen molar-refractivity contribution in [3.05, 3.63) is 34.9 Å². The van der Waals surface area contributed by atoms with Crippen molar-refractivity contribution in [1.82, 2.24) is 4.90 Å². The van der Waals surface area contributed by atoms with Gasteiger partial charge in [-0.1, -0.05) is 25.1 Å². The quantitative estimate of drug-likeness (QED) is 0.711. The van der Waals surface area contributed by atoms with E-state index in [0.29, 0.717) is 0 Å². The molecule has 1 nitrogen and oxygen atoms in total. The Labute approximate surface area is 92.1 Å². The SMILES string of the molecule is CCc1ccc2c(c1)CN(C1CC1)CC2. The van der Waals surface area contributed by atoms with Crippen molar-refractivity contribution in [2.45, 2.75) is 45.2 Å². The van der Waals surface area contributed by atoms with Crippen molar-refractivity contribution < 1.29 is 0 Å². The summed E-state index contributed by atoms with van der Waals surface area (Å²) in [7, 11) is 0. The molecule has 0 radical (unpaired) electrons. The van der Waals surface area contributed by atoms with Crippen LogP contribution in [0.1, 0.15) is 36.5 Å². The van der Waals surface area contributed by atoms with Crippen LogP contribution >= 0.6 is 0 Å². The Morgan fingerprint density at radius 3 is 2.87 bits per heavy atom. The van der Waals surface area contributed by atoms with Crippen LogP contribution in [-0.4, -0.2) is 17.5 Å². The van der Waals surface area contributed by atoms with Crippen molar-refractivity contribution in [3.8, 4) is 0 Å². The Morgan fingerprint density at radius 2 is 2.13 bits per heavy atom. The second kappa shape index (κ2) is 3.64. The van der Waals surface area contributed by atoms with Gasteiger partial charge < -0.3 is 0 Å². The fraction of sp³-hybridized carbons (Fsp3) is 0.571. The van der Waals surface area contributed by atoms with Gasteiger partial charge in [0.25, 0.3) is 0 Å². The summed E-state index contributed by atoms with van der Waals surface area (Å²) in [6.07, 6.45) is 5.29. The number of rotatable bonds is 2. The third-order valence-electron chi connectivity index (χ3n) is 3.78. The Morgan fingerprint density at radius 1 is 1.27 bits per heavy atom. The number of hydrogen-bond donors (Lipinski definition) is 0. The summed E-state index contributed by atoms with van der Waals surface area (Å²) in [6, 6.07) is 7.98. The van der Waals surface area contributed by atoms with Crippen LogP contribution in [0.4, 0.5) is 0 Å². The highest BCUT2D eigenvalue weighted by Gasteiger charge is 2.30. The number of nitrogens with zero attached hydrogens (tertiary/aromatic N) is 1. The minimum Gasteiger partial charge on any atom is -0.296 e. The van der Waals surface area contributed by atoms with Crippen LogP contribution in [0, 0.1) is 0 Å². The lowest BCUT2D eigenvalue weighted by atomic mass is 9.96. The molecule has 1 heterocycles. The van der Waals surface area contributed by atoms with E-state index in [0.717, 1.165) is 12.5 Å². The van der Waals surface area contributed by atoms with Crippen LogP contribution in [0.2, 0.25) is 0 Å². The number of hydrogen-bond acceptors (Lipinski definition) is 1. The van der Waals surface area contributed by atoms with E-state index in [2.05, 4.69) is 30.0 Å². The first-order chi connectivity index (χ1) is 7.36. The second-order valence-corrected chi connectivity index (χ2v) is 4.91. The molecule has 0 unspecified atom stereocenters. The van der Waals surface area contributed by atoms with Crippen LogP contribution in [0.25, 0.3) is 0 Å². The van der Waals surface area contributed by atoms with Crippen LogP contribution in [0.3, 0.4) is 0 Å². The summed E-state index contributed by atoms with van der Waals surface area (Å²) < 4.78 is 0. The second-order valence-electron chi connectivity index (χ2n) is 4.91. The number of fused-ring (bicyclic) bond motifs is 1. The van der Waals surface area contributed by atoms with Crippen molar-refractivity contribution in [3.63, 3.8) is 0 Å². The van der Waals surface area contributed by atoms with E-state index >= 15 is 0 Å². The maximum atomic E-state index is 2.67. The molecule has 0 spiro atoms. The van der Waals surface area contributed by atoms with E-state index in [1.807, 2.05) is 0 Å². The first-order valence-electron chi connectivity index (χ1n) is 6.21. The van der Waals surface area contributed by atoms with Gasteiger partial charge >= 0.3 is 0 Å².